The van der Waals surface area contributed by atoms with E-state index in [1.165, 1.54) is 12.1 Å². The van der Waals surface area contributed by atoms with Crippen molar-refractivity contribution in [3.63, 3.8) is 0 Å². The molecule has 0 aliphatic carbocycles. The lowest BCUT2D eigenvalue weighted by Crippen LogP contribution is -2.09. The lowest BCUT2D eigenvalue weighted by molar-refractivity contribution is 0.484. The van der Waals surface area contributed by atoms with Gasteiger partial charge in [-0.05, 0) is 69.5 Å². The molecular formula is C21H13Br2NO3S. The quantitative estimate of drug-likeness (QED) is 0.234. The van der Waals surface area contributed by atoms with Crippen molar-refractivity contribution >= 4 is 53.6 Å². The lowest BCUT2D eigenvalue weighted by atomic mass is 10.0. The SMILES string of the molecule is N#C/C(=C\c1ccc(OS(=O)(=O)c2ccccc2)c(Br)c1)c1ccc(Br)cc1. The van der Waals surface area contributed by atoms with Gasteiger partial charge in [0, 0.05) is 4.47 Å². The fourth-order valence-corrected chi connectivity index (χ4v) is 4.22. The van der Waals surface area contributed by atoms with E-state index in [-0.39, 0.29) is 10.6 Å². The zero-order chi connectivity index (χ0) is 20.1. The molecule has 3 aromatic carbocycles. The van der Waals surface area contributed by atoms with Crippen molar-refractivity contribution in [3.8, 4) is 11.8 Å². The maximum Gasteiger partial charge on any atom is 0.339 e. The molecule has 0 saturated heterocycles. The maximum atomic E-state index is 12.4. The number of rotatable bonds is 5. The third kappa shape index (κ3) is 4.90. The molecule has 0 aliphatic rings. The van der Waals surface area contributed by atoms with E-state index in [0.717, 1.165) is 15.6 Å². The highest BCUT2D eigenvalue weighted by molar-refractivity contribution is 9.10. The molecule has 7 heteroatoms. The van der Waals surface area contributed by atoms with Crippen molar-refractivity contribution in [2.75, 3.05) is 0 Å². The molecule has 0 amide bonds. The van der Waals surface area contributed by atoms with E-state index >= 15 is 0 Å². The van der Waals surface area contributed by atoms with Crippen LogP contribution in [0.25, 0.3) is 11.6 Å². The van der Waals surface area contributed by atoms with E-state index < -0.39 is 10.1 Å². The van der Waals surface area contributed by atoms with Gasteiger partial charge in [0.25, 0.3) is 0 Å². The fourth-order valence-electron chi connectivity index (χ4n) is 2.40. The van der Waals surface area contributed by atoms with Gasteiger partial charge in [0.2, 0.25) is 0 Å². The highest BCUT2D eigenvalue weighted by atomic mass is 79.9. The number of halogens is 2. The van der Waals surface area contributed by atoms with Crippen molar-refractivity contribution in [1.29, 1.82) is 5.26 Å². The average molecular weight is 519 g/mol. The molecule has 28 heavy (non-hydrogen) atoms. The van der Waals surface area contributed by atoms with Gasteiger partial charge < -0.3 is 4.18 Å². The molecule has 0 radical (unpaired) electrons. The Bertz CT molecular complexity index is 1170. The number of allylic oxidation sites excluding steroid dienone is 1. The summed E-state index contributed by atoms with van der Waals surface area (Å²) in [5.74, 6) is 0.170. The minimum absolute atomic E-state index is 0.0767. The predicted octanol–water partition coefficient (Wildman–Crippen LogP) is 6.04. The van der Waals surface area contributed by atoms with Crippen molar-refractivity contribution in [2.45, 2.75) is 4.90 Å². The van der Waals surface area contributed by atoms with E-state index in [9.17, 15) is 13.7 Å². The standard InChI is InChI=1S/C21H13Br2NO3S/c22-18-9-7-16(8-10-18)17(14-24)12-15-6-11-21(20(23)13-15)27-28(25,26)19-4-2-1-3-5-19/h1-13H/b17-12+. The molecule has 0 aromatic heterocycles. The van der Waals surface area contributed by atoms with Crippen LogP contribution in [-0.4, -0.2) is 8.42 Å². The smallest absolute Gasteiger partial charge is 0.339 e. The number of nitrogens with zero attached hydrogens (tertiary/aromatic N) is 1. The van der Waals surface area contributed by atoms with E-state index in [2.05, 4.69) is 37.9 Å². The van der Waals surface area contributed by atoms with Gasteiger partial charge in [-0.2, -0.15) is 13.7 Å². The van der Waals surface area contributed by atoms with Crippen LogP contribution in [0, 0.1) is 11.3 Å². The Morgan fingerprint density at radius 1 is 0.964 bits per heavy atom. The Morgan fingerprint density at radius 2 is 1.64 bits per heavy atom. The Hall–Kier alpha value is -2.40. The normalized spacial score (nSPS) is 11.7. The van der Waals surface area contributed by atoms with Gasteiger partial charge in [-0.15, -0.1) is 0 Å². The first-order valence-electron chi connectivity index (χ1n) is 8.06. The van der Waals surface area contributed by atoms with Crippen LogP contribution >= 0.6 is 31.9 Å². The van der Waals surface area contributed by atoms with Crippen LogP contribution < -0.4 is 4.18 Å². The van der Waals surface area contributed by atoms with Crippen molar-refractivity contribution in [1.82, 2.24) is 0 Å². The summed E-state index contributed by atoms with van der Waals surface area (Å²) in [5, 5.41) is 9.47. The molecule has 0 spiro atoms. The molecule has 3 aromatic rings. The minimum Gasteiger partial charge on any atom is -0.378 e. The number of hydrogen-bond donors (Lipinski definition) is 0. The van der Waals surface area contributed by atoms with Crippen LogP contribution in [0.4, 0.5) is 0 Å². The summed E-state index contributed by atoms with van der Waals surface area (Å²) in [6, 6.07) is 22.5. The molecule has 0 unspecified atom stereocenters. The zero-order valence-electron chi connectivity index (χ0n) is 14.3. The number of nitriles is 1. The van der Waals surface area contributed by atoms with Gasteiger partial charge in [0.15, 0.2) is 5.75 Å². The second-order valence-electron chi connectivity index (χ2n) is 5.72. The van der Waals surface area contributed by atoms with Gasteiger partial charge >= 0.3 is 10.1 Å². The molecule has 0 saturated carbocycles. The van der Waals surface area contributed by atoms with Crippen molar-refractivity contribution in [2.24, 2.45) is 0 Å². The summed E-state index contributed by atoms with van der Waals surface area (Å²) in [4.78, 5) is 0.0767. The molecule has 0 aliphatic heterocycles. The minimum atomic E-state index is -3.93. The highest BCUT2D eigenvalue weighted by Crippen LogP contribution is 2.30. The molecule has 0 heterocycles. The molecule has 140 valence electrons. The predicted molar refractivity (Wildman–Crippen MR) is 116 cm³/mol. The first kappa shape index (κ1) is 20.3. The monoisotopic (exact) mass is 517 g/mol. The topological polar surface area (TPSA) is 67.2 Å². The van der Waals surface area contributed by atoms with E-state index in [4.69, 9.17) is 4.18 Å². The summed E-state index contributed by atoms with van der Waals surface area (Å²) >= 11 is 6.71. The molecule has 0 fully saturated rings. The molecule has 0 N–H and O–H groups in total. The summed E-state index contributed by atoms with van der Waals surface area (Å²) < 4.78 is 31.4. The first-order valence-corrected chi connectivity index (χ1v) is 11.1. The molecule has 0 bridgehead atoms. The van der Waals surface area contributed by atoms with Gasteiger partial charge in [-0.25, -0.2) is 0 Å². The van der Waals surface area contributed by atoms with Crippen molar-refractivity contribution < 1.29 is 12.6 Å². The summed E-state index contributed by atoms with van der Waals surface area (Å²) in [6.07, 6.45) is 1.73. The fraction of sp³-hybridized carbons (Fsp3) is 0. The third-order valence-electron chi connectivity index (χ3n) is 3.77. The Balaban J connectivity index is 1.88. The Labute approximate surface area is 180 Å². The lowest BCUT2D eigenvalue weighted by Gasteiger charge is -2.09. The second kappa shape index (κ2) is 8.74. The van der Waals surface area contributed by atoms with Crippen LogP contribution in [0.15, 0.2) is 86.6 Å². The van der Waals surface area contributed by atoms with E-state index in [1.807, 2.05) is 24.3 Å². The largest absolute Gasteiger partial charge is 0.378 e. The van der Waals surface area contributed by atoms with Gasteiger partial charge in [0.05, 0.1) is 16.1 Å². The second-order valence-corrected chi connectivity index (χ2v) is 9.03. The maximum absolute atomic E-state index is 12.4. The molecular weight excluding hydrogens is 506 g/mol. The summed E-state index contributed by atoms with van der Waals surface area (Å²) in [5.41, 5.74) is 2.01. The van der Waals surface area contributed by atoms with Gasteiger partial charge in [0.1, 0.15) is 4.90 Å². The Kier molecular flexibility index (Phi) is 6.35. The van der Waals surface area contributed by atoms with Crippen LogP contribution in [0.1, 0.15) is 11.1 Å². The van der Waals surface area contributed by atoms with Crippen LogP contribution in [0.3, 0.4) is 0 Å². The molecule has 4 nitrogen and oxygen atoms in total. The summed E-state index contributed by atoms with van der Waals surface area (Å²) in [7, 11) is -3.93. The molecule has 3 rings (SSSR count). The zero-order valence-corrected chi connectivity index (χ0v) is 18.3. The van der Waals surface area contributed by atoms with Crippen LogP contribution in [-0.2, 0) is 10.1 Å². The highest BCUT2D eigenvalue weighted by Gasteiger charge is 2.17. The third-order valence-corrected chi connectivity index (χ3v) is 6.17. The molecule has 0 atom stereocenters. The number of hydrogen-bond acceptors (Lipinski definition) is 4. The van der Waals surface area contributed by atoms with E-state index in [1.54, 1.807) is 42.5 Å². The van der Waals surface area contributed by atoms with Crippen LogP contribution in [0.5, 0.6) is 5.75 Å². The number of benzene rings is 3. The van der Waals surface area contributed by atoms with Crippen LogP contribution in [0.2, 0.25) is 0 Å². The van der Waals surface area contributed by atoms with Gasteiger partial charge in [-0.1, -0.05) is 52.3 Å². The Morgan fingerprint density at radius 3 is 2.25 bits per heavy atom. The summed E-state index contributed by atoms with van der Waals surface area (Å²) in [6.45, 7) is 0. The average Bonchev–Trinajstić information content (AvgIpc) is 2.69. The van der Waals surface area contributed by atoms with Gasteiger partial charge in [-0.3, -0.25) is 0 Å². The first-order chi connectivity index (χ1) is 13.4. The van der Waals surface area contributed by atoms with Crippen molar-refractivity contribution in [3.05, 3.63) is 92.9 Å². The van der Waals surface area contributed by atoms with E-state index in [0.29, 0.717) is 10.0 Å².